The van der Waals surface area contributed by atoms with Crippen LogP contribution in [0.5, 0.6) is 5.88 Å². The zero-order valence-electron chi connectivity index (χ0n) is 13.1. The Bertz CT molecular complexity index is 909. The molecule has 0 aliphatic carbocycles. The second-order valence-corrected chi connectivity index (χ2v) is 6.13. The number of nitrogens with zero attached hydrogens (tertiary/aromatic N) is 1. The zero-order valence-corrected chi connectivity index (χ0v) is 13.1. The van der Waals surface area contributed by atoms with Gasteiger partial charge in [-0.3, -0.25) is 4.79 Å². The Morgan fingerprint density at radius 3 is 2.78 bits per heavy atom. The first-order valence-corrected chi connectivity index (χ1v) is 7.59. The highest BCUT2D eigenvalue weighted by Crippen LogP contribution is 2.22. The average Bonchev–Trinajstić information content (AvgIpc) is 2.92. The molecule has 0 amide bonds. The number of benzene rings is 1. The molecule has 0 saturated carbocycles. The fraction of sp³-hybridized carbons (Fsp3) is 0.294. The van der Waals surface area contributed by atoms with Crippen LogP contribution in [0.1, 0.15) is 30.8 Å². The Hall–Kier alpha value is -2.76. The van der Waals surface area contributed by atoms with E-state index in [1.807, 2.05) is 44.3 Å². The van der Waals surface area contributed by atoms with E-state index in [4.69, 9.17) is 0 Å². The molecular weight excluding hydrogens is 294 g/mol. The maximum absolute atomic E-state index is 12.2. The molecule has 0 fully saturated rings. The summed E-state index contributed by atoms with van der Waals surface area (Å²) in [4.78, 5) is 17.9. The molecule has 1 aromatic carbocycles. The predicted octanol–water partition coefficient (Wildman–Crippen LogP) is 1.98. The maximum atomic E-state index is 12.2. The number of fused-ring (bicyclic) bond motifs is 1. The van der Waals surface area contributed by atoms with Crippen LogP contribution in [0.4, 0.5) is 0 Å². The van der Waals surface area contributed by atoms with Crippen LogP contribution in [0.15, 0.2) is 35.3 Å². The van der Waals surface area contributed by atoms with Gasteiger partial charge in [0, 0.05) is 29.9 Å². The van der Waals surface area contributed by atoms with E-state index in [0.29, 0.717) is 11.2 Å². The molecule has 0 spiro atoms. The van der Waals surface area contributed by atoms with Gasteiger partial charge in [0.05, 0.1) is 0 Å². The number of aromatic amines is 2. The van der Waals surface area contributed by atoms with Gasteiger partial charge < -0.3 is 20.3 Å². The smallest absolute Gasteiger partial charge is 0.397 e. The minimum absolute atomic E-state index is 0.0418. The van der Waals surface area contributed by atoms with Gasteiger partial charge in [-0.2, -0.15) is 0 Å². The largest absolute Gasteiger partial charge is 0.616 e. The van der Waals surface area contributed by atoms with Crippen LogP contribution < -0.4 is 10.3 Å². The number of aromatic hydroxyl groups is 1. The lowest BCUT2D eigenvalue weighted by Gasteiger charge is -2.09. The van der Waals surface area contributed by atoms with E-state index in [1.54, 1.807) is 0 Å². The van der Waals surface area contributed by atoms with Crippen molar-refractivity contribution in [3.05, 3.63) is 63.0 Å². The molecule has 2 heterocycles. The normalized spacial score (nSPS) is 11.4. The summed E-state index contributed by atoms with van der Waals surface area (Å²) in [6.07, 6.45) is 2.41. The van der Waals surface area contributed by atoms with E-state index in [-0.39, 0.29) is 23.7 Å². The summed E-state index contributed by atoms with van der Waals surface area (Å²) >= 11 is 0. The topological polar surface area (TPSA) is 95.8 Å². The molecule has 0 unspecified atom stereocenters. The first-order chi connectivity index (χ1) is 11.0. The standard InChI is InChI=1S/C17H19N3O3/c1-10(2)7-15-16(21)19-14(17(22)20(15)23)8-11-9-18-13-6-4-3-5-12(11)13/h3-6,9-10,18,22H,7-8H2,1-2H3,(H,19,21). The summed E-state index contributed by atoms with van der Waals surface area (Å²) in [6, 6.07) is 7.74. The monoisotopic (exact) mass is 313 g/mol. The fourth-order valence-electron chi connectivity index (χ4n) is 2.76. The Kier molecular flexibility index (Phi) is 3.82. The molecule has 0 saturated heterocycles. The Balaban J connectivity index is 2.02. The van der Waals surface area contributed by atoms with Crippen molar-refractivity contribution in [2.45, 2.75) is 26.7 Å². The molecule has 23 heavy (non-hydrogen) atoms. The van der Waals surface area contributed by atoms with Crippen molar-refractivity contribution >= 4 is 10.9 Å². The van der Waals surface area contributed by atoms with Gasteiger partial charge >= 0.3 is 11.4 Å². The van der Waals surface area contributed by atoms with E-state index in [2.05, 4.69) is 9.97 Å². The summed E-state index contributed by atoms with van der Waals surface area (Å²) in [5.41, 5.74) is 1.70. The third-order valence-corrected chi connectivity index (χ3v) is 3.88. The van der Waals surface area contributed by atoms with Crippen molar-refractivity contribution in [1.82, 2.24) is 9.97 Å². The Labute approximate surface area is 133 Å². The first kappa shape index (κ1) is 15.1. The van der Waals surface area contributed by atoms with Crippen molar-refractivity contribution in [2.75, 3.05) is 0 Å². The SMILES string of the molecule is CC(C)Cc1c(=O)[nH]c(Cc2c[nH]c3ccccc23)c(O)[n+]1[O-]. The Morgan fingerprint density at radius 2 is 2.04 bits per heavy atom. The number of H-pyrrole nitrogens is 2. The quantitative estimate of drug-likeness (QED) is 0.507. The van der Waals surface area contributed by atoms with Gasteiger partial charge in [-0.15, -0.1) is 4.73 Å². The van der Waals surface area contributed by atoms with Crippen molar-refractivity contribution in [3.63, 3.8) is 0 Å². The molecule has 0 aliphatic heterocycles. The lowest BCUT2D eigenvalue weighted by Crippen LogP contribution is -2.41. The lowest BCUT2D eigenvalue weighted by molar-refractivity contribution is -0.624. The minimum atomic E-state index is -0.443. The minimum Gasteiger partial charge on any atom is -0.616 e. The highest BCUT2D eigenvalue weighted by Gasteiger charge is 2.22. The maximum Gasteiger partial charge on any atom is 0.397 e. The second kappa shape index (κ2) is 5.79. The van der Waals surface area contributed by atoms with Gasteiger partial charge in [-0.05, 0) is 17.5 Å². The predicted molar refractivity (Wildman–Crippen MR) is 87.3 cm³/mol. The van der Waals surface area contributed by atoms with Crippen LogP contribution in [-0.2, 0) is 12.8 Å². The zero-order chi connectivity index (χ0) is 16.6. The molecule has 0 atom stereocenters. The van der Waals surface area contributed by atoms with Crippen LogP contribution >= 0.6 is 0 Å². The fourth-order valence-corrected chi connectivity index (χ4v) is 2.76. The van der Waals surface area contributed by atoms with Crippen LogP contribution in [-0.4, -0.2) is 15.1 Å². The van der Waals surface area contributed by atoms with E-state index in [1.165, 1.54) is 0 Å². The van der Waals surface area contributed by atoms with Crippen molar-refractivity contribution in [2.24, 2.45) is 5.92 Å². The molecule has 6 nitrogen and oxygen atoms in total. The highest BCUT2D eigenvalue weighted by atomic mass is 16.5. The summed E-state index contributed by atoms with van der Waals surface area (Å²) < 4.78 is 0.350. The molecule has 120 valence electrons. The highest BCUT2D eigenvalue weighted by molar-refractivity contribution is 5.83. The van der Waals surface area contributed by atoms with Gasteiger partial charge in [-0.1, -0.05) is 32.0 Å². The number of para-hydroxylation sites is 1. The van der Waals surface area contributed by atoms with E-state index in [9.17, 15) is 15.1 Å². The lowest BCUT2D eigenvalue weighted by atomic mass is 10.1. The number of aromatic nitrogens is 3. The average molecular weight is 313 g/mol. The molecule has 2 aromatic heterocycles. The molecule has 3 rings (SSSR count). The van der Waals surface area contributed by atoms with Gasteiger partial charge in [0.25, 0.3) is 5.69 Å². The number of nitrogens with one attached hydrogen (secondary N) is 2. The number of hydrogen-bond acceptors (Lipinski definition) is 3. The van der Waals surface area contributed by atoms with Gasteiger partial charge in [0.1, 0.15) is 5.69 Å². The van der Waals surface area contributed by atoms with Crippen molar-refractivity contribution in [3.8, 4) is 5.88 Å². The molecule has 0 aliphatic rings. The van der Waals surface area contributed by atoms with Gasteiger partial charge in [-0.25, -0.2) is 0 Å². The number of hydrogen-bond donors (Lipinski definition) is 3. The second-order valence-electron chi connectivity index (χ2n) is 6.13. The molecule has 3 aromatic rings. The van der Waals surface area contributed by atoms with E-state index >= 15 is 0 Å². The van der Waals surface area contributed by atoms with Crippen molar-refractivity contribution < 1.29 is 9.84 Å². The third kappa shape index (κ3) is 2.79. The first-order valence-electron chi connectivity index (χ1n) is 7.59. The third-order valence-electron chi connectivity index (χ3n) is 3.88. The van der Waals surface area contributed by atoms with Gasteiger partial charge in [0.2, 0.25) is 0 Å². The molecule has 3 N–H and O–H groups in total. The molecule has 0 bridgehead atoms. The number of rotatable bonds is 4. The Morgan fingerprint density at radius 1 is 1.30 bits per heavy atom. The summed E-state index contributed by atoms with van der Waals surface area (Å²) in [5, 5.41) is 23.3. The van der Waals surface area contributed by atoms with Gasteiger partial charge in [0.15, 0.2) is 0 Å². The van der Waals surface area contributed by atoms with E-state index in [0.717, 1.165) is 16.5 Å². The summed E-state index contributed by atoms with van der Waals surface area (Å²) in [7, 11) is 0. The summed E-state index contributed by atoms with van der Waals surface area (Å²) in [6.45, 7) is 3.83. The van der Waals surface area contributed by atoms with Crippen LogP contribution in [0, 0.1) is 11.1 Å². The molecule has 0 radical (unpaired) electrons. The summed E-state index contributed by atoms with van der Waals surface area (Å²) in [5.74, 6) is -0.291. The van der Waals surface area contributed by atoms with Crippen LogP contribution in [0.25, 0.3) is 10.9 Å². The van der Waals surface area contributed by atoms with Crippen LogP contribution in [0.3, 0.4) is 0 Å². The van der Waals surface area contributed by atoms with E-state index < -0.39 is 11.4 Å². The molecular formula is C17H19N3O3. The van der Waals surface area contributed by atoms with Crippen molar-refractivity contribution in [1.29, 1.82) is 0 Å². The van der Waals surface area contributed by atoms with Crippen LogP contribution in [0.2, 0.25) is 0 Å². The molecule has 6 heteroatoms.